The third-order valence-corrected chi connectivity index (χ3v) is 4.42. The van der Waals surface area contributed by atoms with Crippen LogP contribution in [0.25, 0.3) is 0 Å². The Balaban J connectivity index is 0. The standard InChI is InChI=1S/C20H43N.ClH/c1-4-5-6-7-8-9-10-11-12-13-14-15-16-17-18-19-20(2,3)21;/h4-19,21H2,1-3H3;1H. The van der Waals surface area contributed by atoms with Crippen LogP contribution in [0.5, 0.6) is 0 Å². The summed E-state index contributed by atoms with van der Waals surface area (Å²) in [6, 6.07) is 0. The normalized spacial score (nSPS) is 11.5. The van der Waals surface area contributed by atoms with Gasteiger partial charge in [-0.15, -0.1) is 12.4 Å². The predicted molar refractivity (Wildman–Crippen MR) is 105 cm³/mol. The van der Waals surface area contributed by atoms with E-state index in [4.69, 9.17) is 5.73 Å². The first kappa shape index (κ1) is 24.5. The maximum Gasteiger partial charge on any atom is 0.00970 e. The first-order valence-electron chi connectivity index (χ1n) is 9.85. The van der Waals surface area contributed by atoms with Gasteiger partial charge in [-0.1, -0.05) is 103 Å². The molecule has 0 aromatic heterocycles. The molecular weight excluding hydrogens is 290 g/mol. The molecule has 0 atom stereocenters. The molecule has 22 heavy (non-hydrogen) atoms. The van der Waals surface area contributed by atoms with Crippen molar-refractivity contribution in [1.29, 1.82) is 0 Å². The van der Waals surface area contributed by atoms with E-state index in [1.54, 1.807) is 0 Å². The van der Waals surface area contributed by atoms with Crippen molar-refractivity contribution in [3.8, 4) is 0 Å². The molecule has 0 aliphatic heterocycles. The van der Waals surface area contributed by atoms with Crippen molar-refractivity contribution < 1.29 is 0 Å². The van der Waals surface area contributed by atoms with Gasteiger partial charge >= 0.3 is 0 Å². The van der Waals surface area contributed by atoms with E-state index in [9.17, 15) is 0 Å². The van der Waals surface area contributed by atoms with Crippen LogP contribution in [0.3, 0.4) is 0 Å². The van der Waals surface area contributed by atoms with Crippen molar-refractivity contribution in [1.82, 2.24) is 0 Å². The smallest absolute Gasteiger partial charge is 0.00970 e. The monoisotopic (exact) mass is 333 g/mol. The molecule has 0 unspecified atom stereocenters. The molecule has 0 fully saturated rings. The maximum absolute atomic E-state index is 5.99. The fourth-order valence-corrected chi connectivity index (χ4v) is 2.95. The molecule has 0 heterocycles. The zero-order chi connectivity index (χ0) is 15.8. The van der Waals surface area contributed by atoms with E-state index >= 15 is 0 Å². The van der Waals surface area contributed by atoms with Gasteiger partial charge in [0.2, 0.25) is 0 Å². The first-order chi connectivity index (χ1) is 10.1. The van der Waals surface area contributed by atoms with E-state index < -0.39 is 0 Å². The summed E-state index contributed by atoms with van der Waals surface area (Å²) in [6.07, 6.45) is 22.7. The fraction of sp³-hybridized carbons (Fsp3) is 1.00. The summed E-state index contributed by atoms with van der Waals surface area (Å²) in [5.74, 6) is 0. The summed E-state index contributed by atoms with van der Waals surface area (Å²) < 4.78 is 0. The Hall–Kier alpha value is 0.250. The highest BCUT2D eigenvalue weighted by Gasteiger charge is 2.08. The molecule has 136 valence electrons. The Bertz CT molecular complexity index is 198. The van der Waals surface area contributed by atoms with Crippen LogP contribution in [-0.4, -0.2) is 5.54 Å². The average Bonchev–Trinajstić information content (AvgIpc) is 2.42. The maximum atomic E-state index is 5.99. The second kappa shape index (κ2) is 17.6. The minimum atomic E-state index is 0. The summed E-state index contributed by atoms with van der Waals surface area (Å²) in [4.78, 5) is 0. The Kier molecular flexibility index (Phi) is 19.6. The zero-order valence-electron chi connectivity index (χ0n) is 15.8. The third-order valence-electron chi connectivity index (χ3n) is 4.42. The van der Waals surface area contributed by atoms with E-state index in [0.717, 1.165) is 0 Å². The van der Waals surface area contributed by atoms with Crippen molar-refractivity contribution in [2.24, 2.45) is 5.73 Å². The summed E-state index contributed by atoms with van der Waals surface area (Å²) in [5, 5.41) is 0. The minimum absolute atomic E-state index is 0. The van der Waals surface area contributed by atoms with Gasteiger partial charge in [-0.25, -0.2) is 0 Å². The van der Waals surface area contributed by atoms with Crippen molar-refractivity contribution in [2.75, 3.05) is 0 Å². The highest BCUT2D eigenvalue weighted by Crippen LogP contribution is 2.15. The number of unbranched alkanes of at least 4 members (excludes halogenated alkanes) is 14. The van der Waals surface area contributed by atoms with Gasteiger partial charge in [-0.2, -0.15) is 0 Å². The van der Waals surface area contributed by atoms with Gasteiger partial charge in [0.15, 0.2) is 0 Å². The van der Waals surface area contributed by atoms with Crippen LogP contribution in [0.1, 0.15) is 124 Å². The number of nitrogens with two attached hydrogens (primary N) is 1. The Morgan fingerprint density at radius 3 is 1.09 bits per heavy atom. The van der Waals surface area contributed by atoms with E-state index in [1.165, 1.54) is 103 Å². The topological polar surface area (TPSA) is 26.0 Å². The number of hydrogen-bond donors (Lipinski definition) is 1. The SMILES string of the molecule is CCCCCCCCCCCCCCCCCC(C)(C)N.Cl. The molecule has 0 aromatic rings. The fourth-order valence-electron chi connectivity index (χ4n) is 2.95. The lowest BCUT2D eigenvalue weighted by atomic mass is 9.97. The Labute approximate surface area is 147 Å². The number of rotatable bonds is 16. The van der Waals surface area contributed by atoms with E-state index in [-0.39, 0.29) is 17.9 Å². The molecule has 0 aliphatic rings. The van der Waals surface area contributed by atoms with Gasteiger partial charge in [0, 0.05) is 5.54 Å². The number of hydrogen-bond acceptors (Lipinski definition) is 1. The predicted octanol–water partition coefficient (Wildman–Crippen LogP) is 7.41. The van der Waals surface area contributed by atoms with Gasteiger partial charge < -0.3 is 5.73 Å². The van der Waals surface area contributed by atoms with Gasteiger partial charge in [-0.05, 0) is 20.3 Å². The van der Waals surface area contributed by atoms with Crippen LogP contribution in [0, 0.1) is 0 Å². The molecule has 0 aromatic carbocycles. The summed E-state index contributed by atoms with van der Waals surface area (Å²) in [7, 11) is 0. The largest absolute Gasteiger partial charge is 0.326 e. The Morgan fingerprint density at radius 1 is 0.545 bits per heavy atom. The average molecular weight is 334 g/mol. The molecule has 0 saturated heterocycles. The van der Waals surface area contributed by atoms with E-state index in [1.807, 2.05) is 0 Å². The highest BCUT2D eigenvalue weighted by atomic mass is 35.5. The summed E-state index contributed by atoms with van der Waals surface area (Å²) >= 11 is 0. The molecule has 1 nitrogen and oxygen atoms in total. The van der Waals surface area contributed by atoms with Crippen molar-refractivity contribution in [2.45, 2.75) is 129 Å². The van der Waals surface area contributed by atoms with Gasteiger partial charge in [0.1, 0.15) is 0 Å². The second-order valence-corrected chi connectivity index (χ2v) is 7.69. The van der Waals surface area contributed by atoms with Crippen LogP contribution in [0.15, 0.2) is 0 Å². The van der Waals surface area contributed by atoms with Crippen LogP contribution in [0.4, 0.5) is 0 Å². The van der Waals surface area contributed by atoms with Crippen LogP contribution in [-0.2, 0) is 0 Å². The number of halogens is 1. The highest BCUT2D eigenvalue weighted by molar-refractivity contribution is 5.85. The van der Waals surface area contributed by atoms with Crippen LogP contribution < -0.4 is 5.73 Å². The lowest BCUT2D eigenvalue weighted by Gasteiger charge is -2.17. The molecule has 0 bridgehead atoms. The van der Waals surface area contributed by atoms with Crippen LogP contribution in [0.2, 0.25) is 0 Å². The first-order valence-corrected chi connectivity index (χ1v) is 9.85. The van der Waals surface area contributed by atoms with Crippen LogP contribution >= 0.6 is 12.4 Å². The second-order valence-electron chi connectivity index (χ2n) is 7.69. The minimum Gasteiger partial charge on any atom is -0.326 e. The van der Waals surface area contributed by atoms with Crippen molar-refractivity contribution >= 4 is 12.4 Å². The van der Waals surface area contributed by atoms with Gasteiger partial charge in [0.25, 0.3) is 0 Å². The molecule has 2 heteroatoms. The van der Waals surface area contributed by atoms with Gasteiger partial charge in [0.05, 0.1) is 0 Å². The van der Waals surface area contributed by atoms with E-state index in [0.29, 0.717) is 0 Å². The van der Waals surface area contributed by atoms with E-state index in [2.05, 4.69) is 20.8 Å². The zero-order valence-corrected chi connectivity index (χ0v) is 16.6. The molecule has 0 rings (SSSR count). The van der Waals surface area contributed by atoms with Gasteiger partial charge in [-0.3, -0.25) is 0 Å². The summed E-state index contributed by atoms with van der Waals surface area (Å²) in [6.45, 7) is 6.56. The molecule has 0 saturated carbocycles. The molecule has 0 spiro atoms. The molecule has 2 N–H and O–H groups in total. The van der Waals surface area contributed by atoms with Crippen molar-refractivity contribution in [3.05, 3.63) is 0 Å². The summed E-state index contributed by atoms with van der Waals surface area (Å²) in [5.41, 5.74) is 6.03. The molecule has 0 amide bonds. The molecule has 0 aliphatic carbocycles. The molecular formula is C20H44ClN. The molecule has 0 radical (unpaired) electrons. The lowest BCUT2D eigenvalue weighted by Crippen LogP contribution is -2.31. The Morgan fingerprint density at radius 2 is 0.818 bits per heavy atom. The van der Waals surface area contributed by atoms with Crippen molar-refractivity contribution in [3.63, 3.8) is 0 Å². The quantitative estimate of drug-likeness (QED) is 0.292. The lowest BCUT2D eigenvalue weighted by molar-refractivity contribution is 0.440. The third kappa shape index (κ3) is 22.5.